The zero-order valence-corrected chi connectivity index (χ0v) is 14.6. The fourth-order valence-corrected chi connectivity index (χ4v) is 7.30. The van der Waals surface area contributed by atoms with Crippen molar-refractivity contribution in [1.29, 1.82) is 0 Å². The molecule has 2 N–H and O–H groups in total. The van der Waals surface area contributed by atoms with Gasteiger partial charge in [0.25, 0.3) is 0 Å². The summed E-state index contributed by atoms with van der Waals surface area (Å²) < 4.78 is 0. The Morgan fingerprint density at radius 3 is 2.70 bits per heavy atom. The highest BCUT2D eigenvalue weighted by molar-refractivity contribution is 5.91. The summed E-state index contributed by atoms with van der Waals surface area (Å²) in [4.78, 5) is 11.9. The fourth-order valence-electron chi connectivity index (χ4n) is 7.30. The summed E-state index contributed by atoms with van der Waals surface area (Å²) in [6.45, 7) is 6.89. The van der Waals surface area contributed by atoms with Crippen LogP contribution in [0, 0.1) is 34.5 Å². The van der Waals surface area contributed by atoms with E-state index in [0.717, 1.165) is 37.7 Å². The summed E-state index contributed by atoms with van der Waals surface area (Å²) in [5, 5.41) is 21.4. The van der Waals surface area contributed by atoms with E-state index in [4.69, 9.17) is 0 Å². The van der Waals surface area contributed by atoms with Crippen molar-refractivity contribution in [3.05, 3.63) is 11.6 Å². The summed E-state index contributed by atoms with van der Waals surface area (Å²) >= 11 is 0. The molecule has 8 atom stereocenters. The number of fused-ring (bicyclic) bond motifs is 5. The van der Waals surface area contributed by atoms with Crippen LogP contribution in [0.25, 0.3) is 0 Å². The summed E-state index contributed by atoms with van der Waals surface area (Å²) in [5.41, 5.74) is 0.983. The lowest BCUT2D eigenvalue weighted by Gasteiger charge is -2.61. The van der Waals surface area contributed by atoms with Crippen LogP contribution in [-0.2, 0) is 4.79 Å². The molecule has 4 aliphatic carbocycles. The lowest BCUT2D eigenvalue weighted by molar-refractivity contribution is -0.129. The Morgan fingerprint density at radius 1 is 1.22 bits per heavy atom. The molecule has 4 aliphatic rings. The van der Waals surface area contributed by atoms with Crippen molar-refractivity contribution in [2.24, 2.45) is 34.5 Å². The monoisotopic (exact) mass is 318 g/mol. The van der Waals surface area contributed by atoms with Gasteiger partial charge in [0, 0.05) is 6.42 Å². The molecule has 4 rings (SSSR count). The molecular weight excluding hydrogens is 288 g/mol. The molecule has 3 saturated carbocycles. The first kappa shape index (κ1) is 15.8. The van der Waals surface area contributed by atoms with E-state index in [2.05, 4.69) is 20.8 Å². The number of aliphatic hydroxyl groups excluding tert-OH is 2. The van der Waals surface area contributed by atoms with Gasteiger partial charge in [0.15, 0.2) is 5.78 Å². The maximum atomic E-state index is 11.9. The van der Waals surface area contributed by atoms with Gasteiger partial charge in [-0.1, -0.05) is 20.8 Å². The van der Waals surface area contributed by atoms with Gasteiger partial charge in [0.1, 0.15) is 0 Å². The number of carbonyl (C=O) groups is 1. The molecule has 0 aromatic heterocycles. The molecule has 0 saturated heterocycles. The molecule has 0 spiro atoms. The number of ketones is 1. The van der Waals surface area contributed by atoms with Gasteiger partial charge in [-0.05, 0) is 78.3 Å². The van der Waals surface area contributed by atoms with E-state index in [1.54, 1.807) is 6.08 Å². The van der Waals surface area contributed by atoms with E-state index < -0.39 is 6.10 Å². The molecular formula is C20H30O3. The van der Waals surface area contributed by atoms with Crippen LogP contribution in [0.4, 0.5) is 0 Å². The predicted molar refractivity (Wildman–Crippen MR) is 88.7 cm³/mol. The third-order valence-corrected chi connectivity index (χ3v) is 8.17. The first-order valence-electron chi connectivity index (χ1n) is 9.38. The molecule has 0 aromatic rings. The predicted octanol–water partition coefficient (Wildman–Crippen LogP) is 3.10. The first-order valence-corrected chi connectivity index (χ1v) is 9.38. The second-order valence-electron chi connectivity index (χ2n) is 9.31. The van der Waals surface area contributed by atoms with E-state index in [-0.39, 0.29) is 22.7 Å². The Morgan fingerprint density at radius 2 is 1.96 bits per heavy atom. The van der Waals surface area contributed by atoms with Crippen molar-refractivity contribution in [2.75, 3.05) is 0 Å². The molecule has 0 aromatic carbocycles. The molecule has 0 aliphatic heterocycles. The molecule has 3 heteroatoms. The van der Waals surface area contributed by atoms with Gasteiger partial charge in [-0.15, -0.1) is 0 Å². The smallest absolute Gasteiger partial charge is 0.155 e. The van der Waals surface area contributed by atoms with Crippen LogP contribution >= 0.6 is 0 Å². The maximum Gasteiger partial charge on any atom is 0.155 e. The van der Waals surface area contributed by atoms with Crippen molar-refractivity contribution in [3.63, 3.8) is 0 Å². The van der Waals surface area contributed by atoms with Gasteiger partial charge < -0.3 is 10.2 Å². The van der Waals surface area contributed by atoms with Crippen molar-refractivity contribution in [3.8, 4) is 0 Å². The molecule has 3 unspecified atom stereocenters. The Labute approximate surface area is 139 Å². The second-order valence-corrected chi connectivity index (χ2v) is 9.31. The van der Waals surface area contributed by atoms with Gasteiger partial charge in [-0.25, -0.2) is 0 Å². The largest absolute Gasteiger partial charge is 0.393 e. The average Bonchev–Trinajstić information content (AvgIpc) is 2.76. The van der Waals surface area contributed by atoms with Crippen LogP contribution in [0.2, 0.25) is 0 Å². The Balaban J connectivity index is 1.78. The van der Waals surface area contributed by atoms with E-state index in [1.807, 2.05) is 0 Å². The van der Waals surface area contributed by atoms with Crippen LogP contribution in [-0.4, -0.2) is 28.2 Å². The standard InChI is InChI=1S/C20H30O3/c1-11-10-20(3)14(4-5-17(20)23)13-9-16(22)15-8-12(21)6-7-19(15,2)18(11)13/h8,11,13-14,16-18,22-23H,4-7,9-10H2,1-3H3/t11-,13?,14+,16-,17?,18+,19+,20?/m1/s1. The molecule has 3 nitrogen and oxygen atoms in total. The Kier molecular flexibility index (Phi) is 3.39. The van der Waals surface area contributed by atoms with Crippen molar-refractivity contribution in [1.82, 2.24) is 0 Å². The van der Waals surface area contributed by atoms with Gasteiger partial charge in [-0.2, -0.15) is 0 Å². The summed E-state index contributed by atoms with van der Waals surface area (Å²) in [7, 11) is 0. The van der Waals surface area contributed by atoms with Crippen LogP contribution in [0.3, 0.4) is 0 Å². The van der Waals surface area contributed by atoms with Gasteiger partial charge in [0.05, 0.1) is 12.2 Å². The highest BCUT2D eigenvalue weighted by Crippen LogP contribution is 2.66. The highest BCUT2D eigenvalue weighted by Gasteiger charge is 2.62. The van der Waals surface area contributed by atoms with Crippen LogP contribution in [0.15, 0.2) is 11.6 Å². The SMILES string of the molecule is C[C@@H]1CC2(C)C(O)CC[C@H]2C2C[C@@H](O)C3=CC(=O)CC[C@]3(C)[C@H]21. The third-order valence-electron chi connectivity index (χ3n) is 8.17. The van der Waals surface area contributed by atoms with E-state index in [1.165, 1.54) is 0 Å². The molecule has 3 fully saturated rings. The number of hydrogen-bond donors (Lipinski definition) is 2. The van der Waals surface area contributed by atoms with Crippen molar-refractivity contribution in [2.45, 2.75) is 71.5 Å². The number of aliphatic hydroxyl groups is 2. The third kappa shape index (κ3) is 1.99. The topological polar surface area (TPSA) is 57.5 Å². The van der Waals surface area contributed by atoms with E-state index in [0.29, 0.717) is 30.1 Å². The number of hydrogen-bond acceptors (Lipinski definition) is 3. The molecule has 0 heterocycles. The normalized spacial score (nSPS) is 55.7. The molecule has 0 radical (unpaired) electrons. The van der Waals surface area contributed by atoms with Crippen LogP contribution in [0.5, 0.6) is 0 Å². The first-order chi connectivity index (χ1) is 10.8. The van der Waals surface area contributed by atoms with E-state index in [9.17, 15) is 15.0 Å². The summed E-state index contributed by atoms with van der Waals surface area (Å²) in [6.07, 6.45) is 6.44. The zero-order valence-electron chi connectivity index (χ0n) is 14.6. The average molecular weight is 318 g/mol. The zero-order chi connectivity index (χ0) is 16.6. The molecule has 128 valence electrons. The molecule has 23 heavy (non-hydrogen) atoms. The maximum absolute atomic E-state index is 11.9. The minimum absolute atomic E-state index is 0.0162. The lowest BCUT2D eigenvalue weighted by Crippen LogP contribution is -2.57. The minimum atomic E-state index is -0.474. The van der Waals surface area contributed by atoms with E-state index >= 15 is 0 Å². The minimum Gasteiger partial charge on any atom is -0.393 e. The van der Waals surface area contributed by atoms with Gasteiger partial charge in [0.2, 0.25) is 0 Å². The molecule has 0 amide bonds. The Hall–Kier alpha value is -0.670. The quantitative estimate of drug-likeness (QED) is 0.721. The van der Waals surface area contributed by atoms with Crippen LogP contribution < -0.4 is 0 Å². The molecule has 0 bridgehead atoms. The highest BCUT2D eigenvalue weighted by atomic mass is 16.3. The number of rotatable bonds is 0. The lowest BCUT2D eigenvalue weighted by atomic mass is 9.44. The summed E-state index contributed by atoms with van der Waals surface area (Å²) in [6, 6.07) is 0. The van der Waals surface area contributed by atoms with Crippen molar-refractivity contribution < 1.29 is 15.0 Å². The van der Waals surface area contributed by atoms with Gasteiger partial charge in [-0.3, -0.25) is 4.79 Å². The van der Waals surface area contributed by atoms with Gasteiger partial charge >= 0.3 is 0 Å². The van der Waals surface area contributed by atoms with Crippen molar-refractivity contribution >= 4 is 5.78 Å². The summed E-state index contributed by atoms with van der Waals surface area (Å²) in [5.74, 6) is 2.24. The second kappa shape index (κ2) is 4.92. The fraction of sp³-hybridized carbons (Fsp3) is 0.850. The van der Waals surface area contributed by atoms with Crippen LogP contribution in [0.1, 0.15) is 59.3 Å². The number of carbonyl (C=O) groups excluding carboxylic acids is 1. The Bertz CT molecular complexity index is 567.